The second kappa shape index (κ2) is 10.0. The van der Waals surface area contributed by atoms with Crippen LogP contribution in [-0.2, 0) is 9.47 Å². The number of ether oxygens (including phenoxy) is 2. The molecule has 2 rings (SSSR count). The van der Waals surface area contributed by atoms with Gasteiger partial charge in [-0.2, -0.15) is 0 Å². The van der Waals surface area contributed by atoms with Gasteiger partial charge in [0.1, 0.15) is 0 Å². The minimum absolute atomic E-state index is 0.612. The van der Waals surface area contributed by atoms with Crippen LogP contribution < -0.4 is 10.6 Å². The van der Waals surface area contributed by atoms with Gasteiger partial charge in [0.15, 0.2) is 5.96 Å². The Labute approximate surface area is 128 Å². The standard InChI is InChI=1S/C16H31N3O2/c1-17-16(19-15-5-2-3-6-15)18-9-4-10-21-13-14-7-11-20-12-8-14/h14-15H,2-13H2,1H3,(H2,17,18,19). The zero-order chi connectivity index (χ0) is 14.8. The van der Waals surface area contributed by atoms with Crippen LogP contribution >= 0.6 is 0 Å². The van der Waals surface area contributed by atoms with Gasteiger partial charge in [0.2, 0.25) is 0 Å². The van der Waals surface area contributed by atoms with Gasteiger partial charge < -0.3 is 20.1 Å². The fourth-order valence-electron chi connectivity index (χ4n) is 3.00. The van der Waals surface area contributed by atoms with Gasteiger partial charge in [-0.25, -0.2) is 0 Å². The van der Waals surface area contributed by atoms with Crippen molar-refractivity contribution in [2.45, 2.75) is 51.0 Å². The molecule has 122 valence electrons. The molecule has 2 N–H and O–H groups in total. The molecule has 5 nitrogen and oxygen atoms in total. The molecule has 1 aliphatic heterocycles. The molecule has 0 spiro atoms. The van der Waals surface area contributed by atoms with Crippen LogP contribution in [-0.4, -0.2) is 52.0 Å². The number of hydrogen-bond acceptors (Lipinski definition) is 3. The molecule has 0 bridgehead atoms. The third-order valence-electron chi connectivity index (χ3n) is 4.37. The Hall–Kier alpha value is -0.810. The van der Waals surface area contributed by atoms with Crippen LogP contribution in [0.25, 0.3) is 0 Å². The van der Waals surface area contributed by atoms with Crippen LogP contribution in [0.15, 0.2) is 4.99 Å². The molecule has 0 aromatic heterocycles. The quantitative estimate of drug-likeness (QED) is 0.428. The van der Waals surface area contributed by atoms with E-state index in [9.17, 15) is 0 Å². The minimum atomic E-state index is 0.612. The van der Waals surface area contributed by atoms with Crippen LogP contribution in [0.2, 0.25) is 0 Å². The normalized spacial score (nSPS) is 21.7. The monoisotopic (exact) mass is 297 g/mol. The first-order valence-electron chi connectivity index (χ1n) is 8.51. The molecule has 0 amide bonds. The number of aliphatic imine (C=N–C) groups is 1. The Morgan fingerprint density at radius 2 is 1.95 bits per heavy atom. The lowest BCUT2D eigenvalue weighted by Crippen LogP contribution is -2.42. The predicted molar refractivity (Wildman–Crippen MR) is 85.7 cm³/mol. The Balaban J connectivity index is 1.46. The summed E-state index contributed by atoms with van der Waals surface area (Å²) in [4.78, 5) is 4.28. The van der Waals surface area contributed by atoms with Gasteiger partial charge in [-0.15, -0.1) is 0 Å². The molecule has 1 aliphatic carbocycles. The highest BCUT2D eigenvalue weighted by atomic mass is 16.5. The lowest BCUT2D eigenvalue weighted by Gasteiger charge is -2.21. The average molecular weight is 297 g/mol. The number of guanidine groups is 1. The summed E-state index contributed by atoms with van der Waals surface area (Å²) in [6, 6.07) is 0.612. The third-order valence-corrected chi connectivity index (χ3v) is 4.37. The maximum absolute atomic E-state index is 5.77. The van der Waals surface area contributed by atoms with Crippen LogP contribution in [0, 0.1) is 5.92 Å². The van der Waals surface area contributed by atoms with E-state index in [4.69, 9.17) is 9.47 Å². The molecule has 1 saturated heterocycles. The van der Waals surface area contributed by atoms with E-state index in [0.717, 1.165) is 58.2 Å². The van der Waals surface area contributed by atoms with Gasteiger partial charge >= 0.3 is 0 Å². The largest absolute Gasteiger partial charge is 0.381 e. The Morgan fingerprint density at radius 1 is 1.19 bits per heavy atom. The summed E-state index contributed by atoms with van der Waals surface area (Å²) in [5.41, 5.74) is 0. The molecule has 21 heavy (non-hydrogen) atoms. The topological polar surface area (TPSA) is 54.9 Å². The van der Waals surface area contributed by atoms with Crippen LogP contribution in [0.5, 0.6) is 0 Å². The van der Waals surface area contributed by atoms with E-state index >= 15 is 0 Å². The summed E-state index contributed by atoms with van der Waals surface area (Å²) in [5.74, 6) is 1.63. The average Bonchev–Trinajstić information content (AvgIpc) is 3.03. The van der Waals surface area contributed by atoms with Gasteiger partial charge in [0, 0.05) is 46.1 Å². The van der Waals surface area contributed by atoms with Crippen molar-refractivity contribution in [3.63, 3.8) is 0 Å². The Kier molecular flexibility index (Phi) is 7.89. The summed E-state index contributed by atoms with van der Waals surface area (Å²) in [5, 5.41) is 6.87. The van der Waals surface area contributed by atoms with E-state index in [-0.39, 0.29) is 0 Å². The molecule has 2 fully saturated rings. The van der Waals surface area contributed by atoms with E-state index in [1.165, 1.54) is 25.7 Å². The molecular formula is C16H31N3O2. The van der Waals surface area contributed by atoms with Crippen LogP contribution in [0.4, 0.5) is 0 Å². The van der Waals surface area contributed by atoms with Gasteiger partial charge in [-0.3, -0.25) is 4.99 Å². The molecule has 2 aliphatic rings. The van der Waals surface area contributed by atoms with Gasteiger partial charge in [0.25, 0.3) is 0 Å². The SMILES string of the molecule is CN=C(NCCCOCC1CCOCC1)NC1CCCC1. The fourth-order valence-corrected chi connectivity index (χ4v) is 3.00. The Bertz CT molecular complexity index is 298. The number of hydrogen-bond donors (Lipinski definition) is 2. The summed E-state index contributed by atoms with van der Waals surface area (Å²) < 4.78 is 11.1. The van der Waals surface area contributed by atoms with E-state index in [1.54, 1.807) is 0 Å². The highest BCUT2D eigenvalue weighted by molar-refractivity contribution is 5.79. The summed E-state index contributed by atoms with van der Waals surface area (Å²) >= 11 is 0. The van der Waals surface area contributed by atoms with Crippen molar-refractivity contribution in [2.75, 3.05) is 40.0 Å². The van der Waals surface area contributed by atoms with Gasteiger partial charge in [-0.05, 0) is 38.0 Å². The highest BCUT2D eigenvalue weighted by Gasteiger charge is 2.16. The van der Waals surface area contributed by atoms with Gasteiger partial charge in [-0.1, -0.05) is 12.8 Å². The second-order valence-corrected chi connectivity index (χ2v) is 6.11. The van der Waals surface area contributed by atoms with Crippen molar-refractivity contribution in [1.29, 1.82) is 0 Å². The zero-order valence-electron chi connectivity index (χ0n) is 13.4. The lowest BCUT2D eigenvalue weighted by atomic mass is 10.0. The maximum Gasteiger partial charge on any atom is 0.191 e. The van der Waals surface area contributed by atoms with E-state index < -0.39 is 0 Å². The highest BCUT2D eigenvalue weighted by Crippen LogP contribution is 2.17. The summed E-state index contributed by atoms with van der Waals surface area (Å²) in [7, 11) is 1.84. The molecule has 1 saturated carbocycles. The lowest BCUT2D eigenvalue weighted by molar-refractivity contribution is 0.0203. The minimum Gasteiger partial charge on any atom is -0.381 e. The molecule has 1 heterocycles. The number of nitrogens with one attached hydrogen (secondary N) is 2. The molecule has 0 unspecified atom stereocenters. The van der Waals surface area contributed by atoms with Crippen molar-refractivity contribution < 1.29 is 9.47 Å². The number of nitrogens with zero attached hydrogens (tertiary/aromatic N) is 1. The second-order valence-electron chi connectivity index (χ2n) is 6.11. The first-order chi connectivity index (χ1) is 10.4. The fraction of sp³-hybridized carbons (Fsp3) is 0.938. The van der Waals surface area contributed by atoms with Crippen LogP contribution in [0.3, 0.4) is 0 Å². The molecule has 0 aromatic carbocycles. The zero-order valence-corrected chi connectivity index (χ0v) is 13.4. The van der Waals surface area contributed by atoms with Crippen molar-refractivity contribution in [3.8, 4) is 0 Å². The van der Waals surface area contributed by atoms with Crippen molar-refractivity contribution in [2.24, 2.45) is 10.9 Å². The van der Waals surface area contributed by atoms with E-state index in [0.29, 0.717) is 12.0 Å². The van der Waals surface area contributed by atoms with Crippen LogP contribution in [0.1, 0.15) is 44.9 Å². The molecule has 5 heteroatoms. The smallest absolute Gasteiger partial charge is 0.191 e. The predicted octanol–water partition coefficient (Wildman–Crippen LogP) is 1.93. The molecular weight excluding hydrogens is 266 g/mol. The van der Waals surface area contributed by atoms with Crippen molar-refractivity contribution in [1.82, 2.24) is 10.6 Å². The molecule has 0 aromatic rings. The first kappa shape index (κ1) is 16.6. The first-order valence-corrected chi connectivity index (χ1v) is 8.51. The van der Waals surface area contributed by atoms with E-state index in [2.05, 4.69) is 15.6 Å². The molecule has 0 radical (unpaired) electrons. The summed E-state index contributed by atoms with van der Waals surface area (Å²) in [6.07, 6.45) is 8.55. The van der Waals surface area contributed by atoms with E-state index in [1.807, 2.05) is 7.05 Å². The number of rotatable bonds is 7. The van der Waals surface area contributed by atoms with Crippen molar-refractivity contribution in [3.05, 3.63) is 0 Å². The molecule has 0 atom stereocenters. The third kappa shape index (κ3) is 6.66. The maximum atomic E-state index is 5.77. The van der Waals surface area contributed by atoms with Crippen molar-refractivity contribution >= 4 is 5.96 Å². The van der Waals surface area contributed by atoms with Gasteiger partial charge in [0.05, 0.1) is 0 Å². The Morgan fingerprint density at radius 3 is 2.67 bits per heavy atom. The summed E-state index contributed by atoms with van der Waals surface area (Å²) in [6.45, 7) is 4.43.